The number of anilines is 3. The van der Waals surface area contributed by atoms with Gasteiger partial charge in [-0.15, -0.1) is 0 Å². The predicted octanol–water partition coefficient (Wildman–Crippen LogP) is 5.14. The Balaban J connectivity index is 1.84. The number of hydrogen-bond acceptors (Lipinski definition) is 4. The van der Waals surface area contributed by atoms with Gasteiger partial charge in [0.25, 0.3) is 5.91 Å². The summed E-state index contributed by atoms with van der Waals surface area (Å²) in [5.74, 6) is -0.616. The van der Waals surface area contributed by atoms with Gasteiger partial charge in [-0.1, -0.05) is 36.7 Å². The number of benzene rings is 2. The van der Waals surface area contributed by atoms with Crippen molar-refractivity contribution in [3.63, 3.8) is 0 Å². The predicted molar refractivity (Wildman–Crippen MR) is 105 cm³/mol. The van der Waals surface area contributed by atoms with Gasteiger partial charge in [0.15, 0.2) is 0 Å². The van der Waals surface area contributed by atoms with Crippen LogP contribution in [0.25, 0.3) is 0 Å². The van der Waals surface area contributed by atoms with Gasteiger partial charge in [-0.3, -0.25) is 4.79 Å². The number of rotatable bonds is 5. The summed E-state index contributed by atoms with van der Waals surface area (Å²) in [6, 6.07) is 13.4. The third-order valence-electron chi connectivity index (χ3n) is 3.91. The smallest absolute Gasteiger partial charge is 0.274 e. The van der Waals surface area contributed by atoms with Gasteiger partial charge in [0.1, 0.15) is 11.5 Å². The summed E-state index contributed by atoms with van der Waals surface area (Å²) >= 11 is 5.79. The number of hydrogen-bond donors (Lipinski definition) is 2. The summed E-state index contributed by atoms with van der Waals surface area (Å²) in [5.41, 5.74) is 3.16. The second-order valence-electron chi connectivity index (χ2n) is 5.94. The SMILES string of the molecule is CCc1ccccc1NC(=O)c1cc(C)nc(Nc2ccc(F)c(Cl)c2)n1. The number of nitrogens with zero attached hydrogens (tertiary/aromatic N) is 2. The van der Waals surface area contributed by atoms with Gasteiger partial charge in [0.2, 0.25) is 5.95 Å². The van der Waals surface area contributed by atoms with E-state index in [0.29, 0.717) is 11.4 Å². The average Bonchev–Trinajstić information content (AvgIpc) is 2.64. The molecule has 1 aromatic heterocycles. The number of halogens is 2. The summed E-state index contributed by atoms with van der Waals surface area (Å²) in [7, 11) is 0. The van der Waals surface area contributed by atoms with Crippen molar-refractivity contribution >= 4 is 34.8 Å². The van der Waals surface area contributed by atoms with Crippen LogP contribution in [-0.2, 0) is 6.42 Å². The molecule has 0 atom stereocenters. The van der Waals surface area contributed by atoms with E-state index in [1.165, 1.54) is 18.2 Å². The molecule has 3 aromatic rings. The van der Waals surface area contributed by atoms with Crippen LogP contribution in [0.15, 0.2) is 48.5 Å². The lowest BCUT2D eigenvalue weighted by Crippen LogP contribution is -2.16. The molecule has 7 heteroatoms. The molecule has 0 spiro atoms. The largest absolute Gasteiger partial charge is 0.324 e. The Morgan fingerprint density at radius 3 is 2.67 bits per heavy atom. The molecule has 0 saturated heterocycles. The Bertz CT molecular complexity index is 993. The summed E-state index contributed by atoms with van der Waals surface area (Å²) in [4.78, 5) is 21.2. The van der Waals surface area contributed by atoms with Crippen molar-refractivity contribution in [3.05, 3.63) is 76.3 Å². The quantitative estimate of drug-likeness (QED) is 0.639. The fourth-order valence-electron chi connectivity index (χ4n) is 2.58. The van der Waals surface area contributed by atoms with E-state index >= 15 is 0 Å². The second kappa shape index (κ2) is 8.14. The molecule has 0 aliphatic heterocycles. The molecule has 27 heavy (non-hydrogen) atoms. The molecular formula is C20H18ClFN4O. The van der Waals surface area contributed by atoms with Crippen LogP contribution in [0.5, 0.6) is 0 Å². The van der Waals surface area contributed by atoms with E-state index in [1.54, 1.807) is 13.0 Å². The summed E-state index contributed by atoms with van der Waals surface area (Å²) in [6.07, 6.45) is 0.803. The topological polar surface area (TPSA) is 66.9 Å². The van der Waals surface area contributed by atoms with E-state index < -0.39 is 5.82 Å². The first kappa shape index (κ1) is 18.8. The zero-order chi connectivity index (χ0) is 19.4. The highest BCUT2D eigenvalue weighted by molar-refractivity contribution is 6.31. The molecule has 2 N–H and O–H groups in total. The van der Waals surface area contributed by atoms with E-state index in [4.69, 9.17) is 11.6 Å². The van der Waals surface area contributed by atoms with E-state index in [9.17, 15) is 9.18 Å². The van der Waals surface area contributed by atoms with Crippen molar-refractivity contribution in [2.45, 2.75) is 20.3 Å². The zero-order valence-electron chi connectivity index (χ0n) is 14.9. The average molecular weight is 385 g/mol. The van der Waals surface area contributed by atoms with Crippen molar-refractivity contribution in [3.8, 4) is 0 Å². The number of carbonyl (C=O) groups excluding carboxylic acids is 1. The maximum atomic E-state index is 13.3. The monoisotopic (exact) mass is 384 g/mol. The van der Waals surface area contributed by atoms with Gasteiger partial charge in [0.05, 0.1) is 5.02 Å². The molecule has 3 rings (SSSR count). The maximum absolute atomic E-state index is 13.3. The number of nitrogens with one attached hydrogen (secondary N) is 2. The standard InChI is InChI=1S/C20H18ClFN4O/c1-3-13-6-4-5-7-17(13)25-19(27)18-10-12(2)23-20(26-18)24-14-8-9-16(22)15(21)11-14/h4-11H,3H2,1-2H3,(H,25,27)(H,23,24,26). The Labute approximate surface area is 161 Å². The molecule has 5 nitrogen and oxygen atoms in total. The van der Waals surface area contributed by atoms with Crippen molar-refractivity contribution in [2.24, 2.45) is 0 Å². The molecule has 138 valence electrons. The fourth-order valence-corrected chi connectivity index (χ4v) is 2.76. The number of aryl methyl sites for hydroxylation is 2. The minimum atomic E-state index is -0.512. The molecule has 2 aromatic carbocycles. The first-order valence-corrected chi connectivity index (χ1v) is 8.81. The summed E-state index contributed by atoms with van der Waals surface area (Å²) in [6.45, 7) is 3.79. The minimum absolute atomic E-state index is 0.0122. The van der Waals surface area contributed by atoms with E-state index in [0.717, 1.165) is 17.7 Å². The molecule has 0 saturated carbocycles. The number of amides is 1. The molecule has 0 bridgehead atoms. The molecule has 0 radical (unpaired) electrons. The van der Waals surface area contributed by atoms with Crippen LogP contribution in [0.4, 0.5) is 21.7 Å². The molecule has 0 fully saturated rings. The zero-order valence-corrected chi connectivity index (χ0v) is 15.6. The molecule has 1 heterocycles. The van der Waals surface area contributed by atoms with E-state index in [1.807, 2.05) is 31.2 Å². The third kappa shape index (κ3) is 4.60. The molecule has 0 unspecified atom stereocenters. The van der Waals surface area contributed by atoms with Crippen LogP contribution in [0.2, 0.25) is 5.02 Å². The Morgan fingerprint density at radius 2 is 1.93 bits per heavy atom. The number of carbonyl (C=O) groups is 1. The van der Waals surface area contributed by atoms with E-state index in [2.05, 4.69) is 20.6 Å². The van der Waals surface area contributed by atoms with Crippen molar-refractivity contribution in [1.82, 2.24) is 9.97 Å². The Hall–Kier alpha value is -2.99. The third-order valence-corrected chi connectivity index (χ3v) is 4.20. The van der Waals surface area contributed by atoms with Crippen molar-refractivity contribution in [1.29, 1.82) is 0 Å². The number of aromatic nitrogens is 2. The highest BCUT2D eigenvalue weighted by Crippen LogP contribution is 2.22. The van der Waals surface area contributed by atoms with Crippen LogP contribution in [0, 0.1) is 12.7 Å². The normalized spacial score (nSPS) is 10.5. The van der Waals surface area contributed by atoms with Crippen LogP contribution in [-0.4, -0.2) is 15.9 Å². The second-order valence-corrected chi connectivity index (χ2v) is 6.34. The highest BCUT2D eigenvalue weighted by atomic mass is 35.5. The Morgan fingerprint density at radius 1 is 1.15 bits per heavy atom. The van der Waals surface area contributed by atoms with Crippen LogP contribution in [0.1, 0.15) is 28.7 Å². The molecule has 0 aliphatic rings. The van der Waals surface area contributed by atoms with Gasteiger partial charge >= 0.3 is 0 Å². The Kier molecular flexibility index (Phi) is 5.66. The van der Waals surface area contributed by atoms with Crippen LogP contribution >= 0.6 is 11.6 Å². The molecule has 0 aliphatic carbocycles. The lowest BCUT2D eigenvalue weighted by molar-refractivity contribution is 0.102. The first-order chi connectivity index (χ1) is 13.0. The fraction of sp³-hybridized carbons (Fsp3) is 0.150. The van der Waals surface area contributed by atoms with Gasteiger partial charge in [-0.05, 0) is 49.2 Å². The molecular weight excluding hydrogens is 367 g/mol. The number of para-hydroxylation sites is 1. The van der Waals surface area contributed by atoms with Crippen molar-refractivity contribution in [2.75, 3.05) is 10.6 Å². The van der Waals surface area contributed by atoms with Gasteiger partial charge in [-0.2, -0.15) is 0 Å². The maximum Gasteiger partial charge on any atom is 0.274 e. The summed E-state index contributed by atoms with van der Waals surface area (Å²) in [5, 5.41) is 5.81. The lowest BCUT2D eigenvalue weighted by atomic mass is 10.1. The van der Waals surface area contributed by atoms with Crippen LogP contribution < -0.4 is 10.6 Å². The van der Waals surface area contributed by atoms with Crippen molar-refractivity contribution < 1.29 is 9.18 Å². The highest BCUT2D eigenvalue weighted by Gasteiger charge is 2.13. The first-order valence-electron chi connectivity index (χ1n) is 8.43. The lowest BCUT2D eigenvalue weighted by Gasteiger charge is -2.11. The minimum Gasteiger partial charge on any atom is -0.324 e. The molecule has 1 amide bonds. The van der Waals surface area contributed by atoms with Gasteiger partial charge in [0, 0.05) is 17.1 Å². The van der Waals surface area contributed by atoms with Crippen LogP contribution in [0.3, 0.4) is 0 Å². The van der Waals surface area contributed by atoms with Gasteiger partial charge in [-0.25, -0.2) is 14.4 Å². The van der Waals surface area contributed by atoms with E-state index in [-0.39, 0.29) is 22.6 Å². The van der Waals surface area contributed by atoms with Gasteiger partial charge < -0.3 is 10.6 Å². The summed E-state index contributed by atoms with van der Waals surface area (Å²) < 4.78 is 13.3.